The summed E-state index contributed by atoms with van der Waals surface area (Å²) < 4.78 is 43.2. The van der Waals surface area contributed by atoms with Gasteiger partial charge in [-0.15, -0.1) is 0 Å². The monoisotopic (exact) mass is 399 g/mol. The zero-order valence-electron chi connectivity index (χ0n) is 14.2. The Balaban J connectivity index is 1.96. The molecule has 0 unspecified atom stereocenters. The van der Waals surface area contributed by atoms with Crippen LogP contribution in [0.2, 0.25) is 5.02 Å². The van der Waals surface area contributed by atoms with E-state index in [1.807, 2.05) is 0 Å². The lowest BCUT2D eigenvalue weighted by Crippen LogP contribution is -2.16. The zero-order chi connectivity index (χ0) is 19.6. The van der Waals surface area contributed by atoms with Gasteiger partial charge in [-0.05, 0) is 36.6 Å². The first-order valence-corrected chi connectivity index (χ1v) is 8.29. The first kappa shape index (κ1) is 20.6. The number of halogens is 4. The van der Waals surface area contributed by atoms with Gasteiger partial charge in [0.2, 0.25) is 0 Å². The quantitative estimate of drug-likeness (QED) is 0.391. The fraction of sp³-hybridized carbons (Fsp3) is 0.294. The molecule has 0 radical (unpaired) electrons. The Bertz CT molecular complexity index is 800. The van der Waals surface area contributed by atoms with Crippen LogP contribution in [0, 0.1) is 0 Å². The van der Waals surface area contributed by atoms with Crippen LogP contribution in [-0.4, -0.2) is 35.2 Å². The fourth-order valence-electron chi connectivity index (χ4n) is 1.99. The molecule has 27 heavy (non-hydrogen) atoms. The number of aromatic nitrogens is 2. The van der Waals surface area contributed by atoms with Crippen LogP contribution in [0.15, 0.2) is 40.7 Å². The fourth-order valence-corrected chi connectivity index (χ4v) is 2.19. The van der Waals surface area contributed by atoms with Crippen LogP contribution in [0.4, 0.5) is 18.9 Å². The normalized spacial score (nSPS) is 12.1. The Labute approximate surface area is 158 Å². The van der Waals surface area contributed by atoms with Crippen LogP contribution >= 0.6 is 11.6 Å². The van der Waals surface area contributed by atoms with Gasteiger partial charge in [-0.1, -0.05) is 11.6 Å². The third kappa shape index (κ3) is 6.52. The molecule has 0 bridgehead atoms. The molecular weight excluding hydrogens is 383 g/mol. The lowest BCUT2D eigenvalue weighted by Gasteiger charge is -2.05. The van der Waals surface area contributed by atoms with Gasteiger partial charge in [-0.3, -0.25) is 9.38 Å². The van der Waals surface area contributed by atoms with Gasteiger partial charge in [0.05, 0.1) is 18.6 Å². The van der Waals surface area contributed by atoms with Crippen molar-refractivity contribution in [3.05, 3.63) is 46.7 Å². The molecule has 2 rings (SSSR count). The van der Waals surface area contributed by atoms with Crippen molar-refractivity contribution in [3.8, 4) is 6.01 Å². The van der Waals surface area contributed by atoms with Gasteiger partial charge in [0.15, 0.2) is 0 Å². The third-order valence-corrected chi connectivity index (χ3v) is 3.72. The highest BCUT2D eigenvalue weighted by molar-refractivity contribution is 6.32. The van der Waals surface area contributed by atoms with E-state index in [4.69, 9.17) is 22.2 Å². The van der Waals surface area contributed by atoms with E-state index in [2.05, 4.69) is 20.1 Å². The van der Waals surface area contributed by atoms with Gasteiger partial charge in [0.25, 0.3) is 6.43 Å². The summed E-state index contributed by atoms with van der Waals surface area (Å²) in [5.41, 5.74) is 1.000. The Hall–Kier alpha value is -2.68. The van der Waals surface area contributed by atoms with E-state index in [1.54, 1.807) is 12.4 Å². The molecule has 0 saturated carbocycles. The molecule has 1 aromatic heterocycles. The molecule has 0 fully saturated rings. The topological polar surface area (TPSA) is 85.8 Å². The molecule has 6 nitrogen and oxygen atoms in total. The summed E-state index contributed by atoms with van der Waals surface area (Å²) in [6.07, 6.45) is 2.62. The van der Waals surface area contributed by atoms with E-state index in [9.17, 15) is 13.2 Å². The molecule has 0 aliphatic rings. The van der Waals surface area contributed by atoms with Crippen molar-refractivity contribution in [1.29, 1.82) is 0 Å². The maximum Gasteiger partial charge on any atom is 0.316 e. The minimum Gasteiger partial charge on any atom is -0.457 e. The van der Waals surface area contributed by atoms with Crippen molar-refractivity contribution < 1.29 is 17.9 Å². The number of alkyl halides is 3. The predicted octanol–water partition coefficient (Wildman–Crippen LogP) is 4.07. The molecule has 10 heteroatoms. The summed E-state index contributed by atoms with van der Waals surface area (Å²) in [5.74, 6) is 5.28. The molecule has 0 spiro atoms. The lowest BCUT2D eigenvalue weighted by atomic mass is 10.2. The zero-order valence-corrected chi connectivity index (χ0v) is 14.9. The predicted molar refractivity (Wildman–Crippen MR) is 98.0 cm³/mol. The van der Waals surface area contributed by atoms with Crippen LogP contribution in [0.25, 0.3) is 0 Å². The van der Waals surface area contributed by atoms with E-state index in [1.165, 1.54) is 24.4 Å². The molecule has 1 heterocycles. The number of hydrazone groups is 1. The Morgan fingerprint density at radius 2 is 2.04 bits per heavy atom. The second-order valence-corrected chi connectivity index (χ2v) is 5.75. The Morgan fingerprint density at radius 1 is 1.30 bits per heavy atom. The van der Waals surface area contributed by atoms with Crippen LogP contribution < -0.4 is 10.6 Å². The van der Waals surface area contributed by atoms with Gasteiger partial charge in [-0.25, -0.2) is 18.7 Å². The molecule has 0 amide bonds. The van der Waals surface area contributed by atoms with Crippen molar-refractivity contribution in [2.45, 2.75) is 19.3 Å². The maximum absolute atomic E-state index is 12.8. The number of hydrogen-bond acceptors (Lipinski definition) is 6. The van der Waals surface area contributed by atoms with Crippen molar-refractivity contribution in [1.82, 2.24) is 9.97 Å². The van der Waals surface area contributed by atoms with E-state index >= 15 is 0 Å². The average molecular weight is 400 g/mol. The first-order chi connectivity index (χ1) is 13.0. The van der Waals surface area contributed by atoms with E-state index in [0.717, 1.165) is 5.56 Å². The number of hydrogen-bond donors (Lipinski definition) is 1. The van der Waals surface area contributed by atoms with Gasteiger partial charge < -0.3 is 10.6 Å². The van der Waals surface area contributed by atoms with E-state index < -0.39 is 13.1 Å². The first-order valence-electron chi connectivity index (χ1n) is 7.91. The molecule has 1 aromatic carbocycles. The molecule has 0 aliphatic heterocycles. The summed E-state index contributed by atoms with van der Waals surface area (Å²) in [5, 5.41) is 3.49. The van der Waals surface area contributed by atoms with Crippen molar-refractivity contribution in [2.24, 2.45) is 15.9 Å². The maximum atomic E-state index is 12.8. The minimum absolute atomic E-state index is 0.0351. The number of aryl methyl sites for hydroxylation is 1. The summed E-state index contributed by atoms with van der Waals surface area (Å²) in [6, 6.07) is 4.10. The average Bonchev–Trinajstić information content (AvgIpc) is 2.68. The molecule has 2 N–H and O–H groups in total. The molecule has 0 aliphatic carbocycles. The van der Waals surface area contributed by atoms with E-state index in [0.29, 0.717) is 12.8 Å². The number of ether oxygens (including phenoxy) is 1. The molecular formula is C17H17ClF3N5O. The second kappa shape index (κ2) is 10.5. The van der Waals surface area contributed by atoms with Gasteiger partial charge in [0.1, 0.15) is 12.3 Å². The van der Waals surface area contributed by atoms with Crippen molar-refractivity contribution in [3.63, 3.8) is 0 Å². The third-order valence-electron chi connectivity index (χ3n) is 3.37. The Morgan fingerprint density at radius 3 is 2.67 bits per heavy atom. The SMILES string of the molecule is NN=C(C=Nc1ccc(Cl)c(C(F)F)c1)COc1ncc(CCCF)cn1. The Kier molecular flexibility index (Phi) is 8.00. The molecule has 0 atom stereocenters. The van der Waals surface area contributed by atoms with Crippen LogP contribution in [0.3, 0.4) is 0 Å². The number of aliphatic imine (C=N–C) groups is 1. The molecule has 0 saturated heterocycles. The summed E-state index contributed by atoms with van der Waals surface area (Å²) in [6.45, 7) is -0.473. The molecule has 144 valence electrons. The van der Waals surface area contributed by atoms with Crippen molar-refractivity contribution in [2.75, 3.05) is 13.3 Å². The largest absolute Gasteiger partial charge is 0.457 e. The molecule has 2 aromatic rings. The number of rotatable bonds is 9. The lowest BCUT2D eigenvalue weighted by molar-refractivity contribution is 0.151. The standard InChI is InChI=1S/C17H17ClF3N5O/c18-15-4-3-12(6-14(15)16(20)21)23-9-13(26-22)10-27-17-24-7-11(8-25-17)2-1-5-19/h3-4,6-9,16H,1-2,5,10,22H2. The summed E-state index contributed by atoms with van der Waals surface area (Å²) >= 11 is 5.71. The highest BCUT2D eigenvalue weighted by Gasteiger charge is 2.12. The number of nitrogens with zero attached hydrogens (tertiary/aromatic N) is 4. The highest BCUT2D eigenvalue weighted by Crippen LogP contribution is 2.30. The summed E-state index contributed by atoms with van der Waals surface area (Å²) in [7, 11) is 0. The number of nitrogens with two attached hydrogens (primary N) is 1. The van der Waals surface area contributed by atoms with Gasteiger partial charge in [-0.2, -0.15) is 5.10 Å². The minimum atomic E-state index is -2.70. The number of benzene rings is 1. The van der Waals surface area contributed by atoms with Crippen LogP contribution in [-0.2, 0) is 6.42 Å². The highest BCUT2D eigenvalue weighted by atomic mass is 35.5. The van der Waals surface area contributed by atoms with Gasteiger partial charge in [0, 0.05) is 23.0 Å². The van der Waals surface area contributed by atoms with Crippen LogP contribution in [0.1, 0.15) is 24.0 Å². The summed E-state index contributed by atoms with van der Waals surface area (Å²) in [4.78, 5) is 12.0. The second-order valence-electron chi connectivity index (χ2n) is 5.34. The van der Waals surface area contributed by atoms with Crippen molar-refractivity contribution >= 4 is 29.2 Å². The van der Waals surface area contributed by atoms with Gasteiger partial charge >= 0.3 is 6.01 Å². The smallest absolute Gasteiger partial charge is 0.316 e. The van der Waals surface area contributed by atoms with Crippen LogP contribution in [0.5, 0.6) is 6.01 Å². The van der Waals surface area contributed by atoms with E-state index in [-0.39, 0.29) is 34.6 Å².